The highest BCUT2D eigenvalue weighted by molar-refractivity contribution is 9.10. The predicted octanol–water partition coefficient (Wildman–Crippen LogP) is 6.40. The average Bonchev–Trinajstić information content (AvgIpc) is 2.43. The summed E-state index contributed by atoms with van der Waals surface area (Å²) < 4.78 is 1.02. The van der Waals surface area contributed by atoms with Crippen molar-refractivity contribution in [1.29, 1.82) is 0 Å². The lowest BCUT2D eigenvalue weighted by atomic mass is 9.99. The molecule has 2 rings (SSSR count). The van der Waals surface area contributed by atoms with Crippen molar-refractivity contribution in [2.45, 2.75) is 32.7 Å². The molecule has 0 aliphatic carbocycles. The molecular formula is C17H19BrClN. The highest BCUT2D eigenvalue weighted by Crippen LogP contribution is 2.29. The van der Waals surface area contributed by atoms with Crippen molar-refractivity contribution in [3.8, 4) is 0 Å². The highest BCUT2D eigenvalue weighted by atomic mass is 79.9. The number of hydrogen-bond acceptors (Lipinski definition) is 1. The molecular weight excluding hydrogens is 334 g/mol. The van der Waals surface area contributed by atoms with Gasteiger partial charge < -0.3 is 5.32 Å². The second kappa shape index (κ2) is 6.64. The SMILES string of the molecule is CC(C)c1ccc(C(C)Nc2cc(Cl)ccc2Br)cc1. The van der Waals surface area contributed by atoms with Gasteiger partial charge in [-0.2, -0.15) is 0 Å². The topological polar surface area (TPSA) is 12.0 Å². The molecule has 0 aliphatic rings. The monoisotopic (exact) mass is 351 g/mol. The van der Waals surface area contributed by atoms with Gasteiger partial charge in [0.05, 0.1) is 5.69 Å². The zero-order chi connectivity index (χ0) is 14.7. The summed E-state index contributed by atoms with van der Waals surface area (Å²) in [5, 5.41) is 4.22. The van der Waals surface area contributed by atoms with Crippen molar-refractivity contribution in [2.24, 2.45) is 0 Å². The molecule has 3 heteroatoms. The smallest absolute Gasteiger partial charge is 0.0504 e. The molecule has 0 aliphatic heterocycles. The van der Waals surface area contributed by atoms with Crippen LogP contribution in [0.25, 0.3) is 0 Å². The number of nitrogens with one attached hydrogen (secondary N) is 1. The third-order valence-electron chi connectivity index (χ3n) is 3.40. The van der Waals surface area contributed by atoms with E-state index in [1.54, 1.807) is 0 Å². The van der Waals surface area contributed by atoms with E-state index < -0.39 is 0 Å². The zero-order valence-corrected chi connectivity index (χ0v) is 14.3. The summed E-state index contributed by atoms with van der Waals surface area (Å²) in [4.78, 5) is 0. The van der Waals surface area contributed by atoms with Crippen LogP contribution in [0.15, 0.2) is 46.9 Å². The molecule has 0 amide bonds. The van der Waals surface area contributed by atoms with Gasteiger partial charge in [-0.15, -0.1) is 0 Å². The van der Waals surface area contributed by atoms with Crippen molar-refractivity contribution in [3.63, 3.8) is 0 Å². The molecule has 20 heavy (non-hydrogen) atoms. The molecule has 1 N–H and O–H groups in total. The predicted molar refractivity (Wildman–Crippen MR) is 91.7 cm³/mol. The molecule has 0 spiro atoms. The van der Waals surface area contributed by atoms with Gasteiger partial charge in [0.25, 0.3) is 0 Å². The average molecular weight is 353 g/mol. The summed E-state index contributed by atoms with van der Waals surface area (Å²) in [6, 6.07) is 14.8. The maximum absolute atomic E-state index is 6.04. The molecule has 0 saturated heterocycles. The van der Waals surface area contributed by atoms with Crippen LogP contribution in [0.5, 0.6) is 0 Å². The maximum atomic E-state index is 6.04. The molecule has 0 radical (unpaired) electrons. The summed E-state index contributed by atoms with van der Waals surface area (Å²) in [7, 11) is 0. The Kier molecular flexibility index (Phi) is 5.11. The summed E-state index contributed by atoms with van der Waals surface area (Å²) in [6.07, 6.45) is 0. The van der Waals surface area contributed by atoms with Crippen LogP contribution in [0.1, 0.15) is 43.9 Å². The molecule has 2 aromatic carbocycles. The first-order chi connectivity index (χ1) is 9.47. The van der Waals surface area contributed by atoms with Gasteiger partial charge >= 0.3 is 0 Å². The minimum absolute atomic E-state index is 0.228. The van der Waals surface area contributed by atoms with Crippen molar-refractivity contribution >= 4 is 33.2 Å². The molecule has 2 aromatic rings. The molecule has 0 saturated carbocycles. The van der Waals surface area contributed by atoms with Gasteiger partial charge in [0.15, 0.2) is 0 Å². The van der Waals surface area contributed by atoms with E-state index in [9.17, 15) is 0 Å². The molecule has 106 valence electrons. The second-order valence-electron chi connectivity index (χ2n) is 5.31. The van der Waals surface area contributed by atoms with Gasteiger partial charge in [0.1, 0.15) is 0 Å². The summed E-state index contributed by atoms with van der Waals surface area (Å²) in [5.41, 5.74) is 3.64. The zero-order valence-electron chi connectivity index (χ0n) is 12.0. The number of anilines is 1. The molecule has 0 aromatic heterocycles. The van der Waals surface area contributed by atoms with Crippen LogP contribution < -0.4 is 5.32 Å². The van der Waals surface area contributed by atoms with Gasteiger partial charge in [-0.3, -0.25) is 0 Å². The minimum atomic E-state index is 0.228. The van der Waals surface area contributed by atoms with E-state index in [0.29, 0.717) is 5.92 Å². The number of halogens is 2. The fraction of sp³-hybridized carbons (Fsp3) is 0.294. The van der Waals surface area contributed by atoms with Gasteiger partial charge in [-0.1, -0.05) is 49.7 Å². The van der Waals surface area contributed by atoms with Gasteiger partial charge in [-0.25, -0.2) is 0 Å². The van der Waals surface area contributed by atoms with E-state index >= 15 is 0 Å². The summed E-state index contributed by atoms with van der Waals surface area (Å²) in [6.45, 7) is 6.57. The summed E-state index contributed by atoms with van der Waals surface area (Å²) >= 11 is 9.58. The van der Waals surface area contributed by atoms with E-state index in [-0.39, 0.29) is 6.04 Å². The Morgan fingerprint density at radius 2 is 1.55 bits per heavy atom. The number of rotatable bonds is 4. The van der Waals surface area contributed by atoms with Crippen LogP contribution in [0, 0.1) is 0 Å². The van der Waals surface area contributed by atoms with Crippen molar-refractivity contribution < 1.29 is 0 Å². The lowest BCUT2D eigenvalue weighted by Crippen LogP contribution is -2.07. The van der Waals surface area contributed by atoms with Crippen LogP contribution >= 0.6 is 27.5 Å². The lowest BCUT2D eigenvalue weighted by Gasteiger charge is -2.18. The van der Waals surface area contributed by atoms with Crippen LogP contribution in [-0.2, 0) is 0 Å². The van der Waals surface area contributed by atoms with Crippen LogP contribution in [0.4, 0.5) is 5.69 Å². The number of benzene rings is 2. The van der Waals surface area contributed by atoms with E-state index in [0.717, 1.165) is 15.2 Å². The minimum Gasteiger partial charge on any atom is -0.378 e. The quantitative estimate of drug-likeness (QED) is 0.671. The summed E-state index contributed by atoms with van der Waals surface area (Å²) in [5.74, 6) is 0.564. The third-order valence-corrected chi connectivity index (χ3v) is 4.33. The molecule has 0 bridgehead atoms. The van der Waals surface area contributed by atoms with Crippen LogP contribution in [-0.4, -0.2) is 0 Å². The Morgan fingerprint density at radius 1 is 0.950 bits per heavy atom. The Bertz CT molecular complexity index is 578. The van der Waals surface area contributed by atoms with Gasteiger partial charge in [0.2, 0.25) is 0 Å². The standard InChI is InChI=1S/C17H19BrClN/c1-11(2)13-4-6-14(7-5-13)12(3)20-17-10-15(19)8-9-16(17)18/h4-12,20H,1-3H3. The van der Waals surface area contributed by atoms with E-state index in [4.69, 9.17) is 11.6 Å². The first-order valence-corrected chi connectivity index (χ1v) is 7.96. The second-order valence-corrected chi connectivity index (χ2v) is 6.60. The highest BCUT2D eigenvalue weighted by Gasteiger charge is 2.08. The normalized spacial score (nSPS) is 12.5. The largest absolute Gasteiger partial charge is 0.378 e. The van der Waals surface area contributed by atoms with Crippen LogP contribution in [0.2, 0.25) is 5.02 Å². The number of hydrogen-bond donors (Lipinski definition) is 1. The van der Waals surface area contributed by atoms with E-state index in [1.165, 1.54) is 11.1 Å². The molecule has 0 heterocycles. The molecule has 1 unspecified atom stereocenters. The third kappa shape index (κ3) is 3.77. The Hall–Kier alpha value is -0.990. The van der Waals surface area contributed by atoms with Crippen LogP contribution in [0.3, 0.4) is 0 Å². The van der Waals surface area contributed by atoms with Gasteiger partial charge in [0, 0.05) is 15.5 Å². The van der Waals surface area contributed by atoms with Crippen molar-refractivity contribution in [1.82, 2.24) is 0 Å². The van der Waals surface area contributed by atoms with Crippen molar-refractivity contribution in [3.05, 3.63) is 63.1 Å². The molecule has 1 nitrogen and oxygen atoms in total. The Labute approximate surface area is 134 Å². The van der Waals surface area contributed by atoms with Crippen molar-refractivity contribution in [2.75, 3.05) is 5.32 Å². The molecule has 0 fully saturated rings. The maximum Gasteiger partial charge on any atom is 0.0504 e. The van der Waals surface area contributed by atoms with Gasteiger partial charge in [-0.05, 0) is 58.1 Å². The lowest BCUT2D eigenvalue weighted by molar-refractivity contribution is 0.852. The fourth-order valence-corrected chi connectivity index (χ4v) is 2.63. The fourth-order valence-electron chi connectivity index (χ4n) is 2.09. The van der Waals surface area contributed by atoms with E-state index in [1.807, 2.05) is 18.2 Å². The first kappa shape index (κ1) is 15.4. The molecule has 1 atom stereocenters. The first-order valence-electron chi connectivity index (χ1n) is 6.79. The Balaban J connectivity index is 2.15. The van der Waals surface area contributed by atoms with E-state index in [2.05, 4.69) is 66.3 Å². The Morgan fingerprint density at radius 3 is 2.15 bits per heavy atom.